The number of allylic oxidation sites excluding steroid dienone is 8. The summed E-state index contributed by atoms with van der Waals surface area (Å²) >= 11 is -0.651. The van der Waals surface area contributed by atoms with Gasteiger partial charge in [0.25, 0.3) is 0 Å². The van der Waals surface area contributed by atoms with E-state index in [0.29, 0.717) is 6.25 Å². The molecule has 0 nitrogen and oxygen atoms in total. The van der Waals surface area contributed by atoms with Gasteiger partial charge in [-0.2, -0.15) is 0 Å². The molecule has 2 aliphatic carbocycles. The minimum atomic E-state index is -1.05. The quantitative estimate of drug-likeness (QED) is 0.411. The van der Waals surface area contributed by atoms with Crippen LogP contribution in [-0.4, -0.2) is 16.1 Å². The molecule has 2 aliphatic heterocycles. The number of halogens is 2. The topological polar surface area (TPSA) is 0 Å². The van der Waals surface area contributed by atoms with Gasteiger partial charge in [-0.1, -0.05) is 0 Å². The van der Waals surface area contributed by atoms with E-state index >= 15 is 0 Å². The minimum Gasteiger partial charge on any atom is -1.00 e. The van der Waals surface area contributed by atoms with Crippen LogP contribution in [0.1, 0.15) is 53.4 Å². The first kappa shape index (κ1) is 26.1. The van der Waals surface area contributed by atoms with Crippen molar-refractivity contribution in [3.63, 3.8) is 0 Å². The number of hydrogen-bond acceptors (Lipinski definition) is 0. The fourth-order valence-corrected chi connectivity index (χ4v) is 19.4. The van der Waals surface area contributed by atoms with Crippen molar-refractivity contribution in [1.82, 2.24) is 0 Å². The summed E-state index contributed by atoms with van der Waals surface area (Å²) in [5.41, 5.74) is 0. The average molecular weight is 545 g/mol. The molecular weight excluding hydrogens is 507 g/mol. The first-order chi connectivity index (χ1) is 13.0. The molecule has 29 heavy (non-hydrogen) atoms. The van der Waals surface area contributed by atoms with Gasteiger partial charge in [0, 0.05) is 0 Å². The maximum absolute atomic E-state index is 2.85. The minimum absolute atomic E-state index is 0. The zero-order valence-electron chi connectivity index (χ0n) is 18.8. The van der Waals surface area contributed by atoms with Crippen LogP contribution < -0.4 is 24.8 Å². The second kappa shape index (κ2) is 9.78. The van der Waals surface area contributed by atoms with Gasteiger partial charge in [-0.15, -0.1) is 0 Å². The predicted molar refractivity (Wildman–Crippen MR) is 121 cm³/mol. The van der Waals surface area contributed by atoms with Crippen LogP contribution in [0.2, 0.25) is 42.5 Å². The third kappa shape index (κ3) is 4.39. The Hall–Kier alpha value is 0.857. The molecule has 0 spiro atoms. The van der Waals surface area contributed by atoms with E-state index in [9.17, 15) is 0 Å². The molecule has 160 valence electrons. The fraction of sp³-hybridized carbons (Fsp3) is 0.667. The summed E-state index contributed by atoms with van der Waals surface area (Å²) in [7, 11) is -2.10. The monoisotopic (exact) mass is 542 g/mol. The molecule has 2 fully saturated rings. The Bertz CT molecular complexity index is 647. The second-order valence-electron chi connectivity index (χ2n) is 9.75. The molecule has 0 aromatic carbocycles. The Morgan fingerprint density at radius 2 is 1.10 bits per heavy atom. The summed E-state index contributed by atoms with van der Waals surface area (Å²) in [5.74, 6) is 0. The van der Waals surface area contributed by atoms with Crippen LogP contribution in [0.15, 0.2) is 46.8 Å². The maximum atomic E-state index is 2.85. The average Bonchev–Trinajstić information content (AvgIpc) is 3.21. The molecule has 0 bridgehead atoms. The Morgan fingerprint density at radius 3 is 1.34 bits per heavy atom. The zero-order valence-corrected chi connectivity index (χ0v) is 24.8. The van der Waals surface area contributed by atoms with Crippen LogP contribution in [0.25, 0.3) is 0 Å². The molecule has 0 aromatic heterocycles. The first-order valence-corrected chi connectivity index (χ1v) is 19.3. The summed E-state index contributed by atoms with van der Waals surface area (Å²) in [4.78, 5) is 0. The van der Waals surface area contributed by atoms with E-state index in [0.717, 1.165) is 0 Å². The van der Waals surface area contributed by atoms with E-state index in [1.807, 2.05) is 10.4 Å². The van der Waals surface area contributed by atoms with Gasteiger partial charge in [-0.05, 0) is 0 Å². The van der Waals surface area contributed by atoms with Crippen LogP contribution >= 0.6 is 0 Å². The van der Waals surface area contributed by atoms with Crippen molar-refractivity contribution in [3.8, 4) is 0 Å². The van der Waals surface area contributed by atoms with Crippen molar-refractivity contribution in [2.75, 3.05) is 0 Å². The van der Waals surface area contributed by atoms with Gasteiger partial charge in [0.1, 0.15) is 0 Å². The SMILES string of the molecule is CC[C]1([Zr+2][C]2(CC)C=CC([Si]3(CC)CCC3)=C2)C=CC([Si]2(CC)CCC2)=C1.[Cl-].[Cl-]. The van der Waals surface area contributed by atoms with Crippen LogP contribution in [0.5, 0.6) is 0 Å². The molecule has 2 atom stereocenters. The normalized spacial score (nSPS) is 32.8. The third-order valence-corrected chi connectivity index (χ3v) is 25.4. The Morgan fingerprint density at radius 1 is 0.724 bits per heavy atom. The van der Waals surface area contributed by atoms with Crippen LogP contribution in [0, 0.1) is 0 Å². The van der Waals surface area contributed by atoms with E-state index in [1.54, 1.807) is 24.2 Å². The summed E-state index contributed by atoms with van der Waals surface area (Å²) in [6, 6.07) is 9.22. The van der Waals surface area contributed by atoms with Crippen LogP contribution in [-0.2, 0) is 23.2 Å². The number of hydrogen-bond donors (Lipinski definition) is 0. The molecule has 0 N–H and O–H groups in total. The van der Waals surface area contributed by atoms with Crippen molar-refractivity contribution in [1.29, 1.82) is 0 Å². The Labute approximate surface area is 205 Å². The van der Waals surface area contributed by atoms with Gasteiger partial charge < -0.3 is 24.8 Å². The maximum Gasteiger partial charge on any atom is -1.00 e. The first-order valence-electron chi connectivity index (χ1n) is 11.6. The van der Waals surface area contributed by atoms with Gasteiger partial charge in [-0.3, -0.25) is 0 Å². The van der Waals surface area contributed by atoms with E-state index < -0.39 is 39.4 Å². The van der Waals surface area contributed by atoms with E-state index in [-0.39, 0.29) is 24.8 Å². The molecule has 0 aromatic rings. The number of rotatable bonds is 8. The van der Waals surface area contributed by atoms with Crippen molar-refractivity contribution in [2.24, 2.45) is 0 Å². The van der Waals surface area contributed by atoms with Crippen LogP contribution in [0.3, 0.4) is 0 Å². The molecule has 4 rings (SSSR count). The summed E-state index contributed by atoms with van der Waals surface area (Å²) < 4.78 is 0.965. The van der Waals surface area contributed by atoms with Crippen molar-refractivity contribution >= 4 is 16.1 Å². The molecular formula is C24H38Cl2Si2Zr. The molecule has 2 saturated heterocycles. The Balaban J connectivity index is 0.00000150. The van der Waals surface area contributed by atoms with Gasteiger partial charge in [0.2, 0.25) is 0 Å². The summed E-state index contributed by atoms with van der Waals surface area (Å²) in [6.45, 7) is 9.88. The van der Waals surface area contributed by atoms with Gasteiger partial charge >= 0.3 is 182 Å². The van der Waals surface area contributed by atoms with Gasteiger partial charge in [0.15, 0.2) is 0 Å². The predicted octanol–water partition coefficient (Wildman–Crippen LogP) is 2.03. The van der Waals surface area contributed by atoms with Crippen molar-refractivity contribution < 1.29 is 48.0 Å². The molecule has 4 aliphatic rings. The van der Waals surface area contributed by atoms with E-state index in [1.165, 1.54) is 37.8 Å². The standard InChI is InChI=1S/2C12H19Si.2ClH.Zr/c2*1-3-11-6-7-12(10-11)13(4-2)8-5-9-13;;;/h2*6-7,10H,3-5,8-9H2,1-2H3;2*1H;/q;;;;+2/p-2. The van der Waals surface area contributed by atoms with Crippen molar-refractivity contribution in [2.45, 2.75) is 95.9 Å². The van der Waals surface area contributed by atoms with E-state index in [2.05, 4.69) is 64.2 Å². The third-order valence-electron chi connectivity index (χ3n) is 8.78. The molecule has 5 heteroatoms. The van der Waals surface area contributed by atoms with Crippen molar-refractivity contribution in [3.05, 3.63) is 46.8 Å². The largest absolute Gasteiger partial charge is 1.00 e. The molecule has 0 radical (unpaired) electrons. The molecule has 0 saturated carbocycles. The van der Waals surface area contributed by atoms with Gasteiger partial charge in [-0.25, -0.2) is 0 Å². The second-order valence-corrected chi connectivity index (χ2v) is 24.6. The molecule has 2 unspecified atom stereocenters. The Kier molecular flexibility index (Phi) is 8.80. The van der Waals surface area contributed by atoms with Crippen LogP contribution in [0.4, 0.5) is 0 Å². The van der Waals surface area contributed by atoms with Gasteiger partial charge in [0.05, 0.1) is 0 Å². The van der Waals surface area contributed by atoms with E-state index in [4.69, 9.17) is 0 Å². The zero-order chi connectivity index (χ0) is 19.2. The summed E-state index contributed by atoms with van der Waals surface area (Å²) in [5, 5.41) is 3.71. The summed E-state index contributed by atoms with van der Waals surface area (Å²) in [6.07, 6.45) is 22.0. The molecule has 2 heterocycles. The molecule has 0 amide bonds. The fourth-order valence-electron chi connectivity index (χ4n) is 5.99. The smallest absolute Gasteiger partial charge is 1.00 e.